The molecule has 0 saturated heterocycles. The number of hydrogen-bond acceptors (Lipinski definition) is 2. The Labute approximate surface area is 259 Å². The summed E-state index contributed by atoms with van der Waals surface area (Å²) in [5.74, 6) is 0. The number of fused-ring (bicyclic) bond motifs is 8. The molecular formula is C42H27NS. The summed E-state index contributed by atoms with van der Waals surface area (Å²) in [4.78, 5) is 2.39. The smallest absolute Gasteiger partial charge is 0.0476 e. The summed E-state index contributed by atoms with van der Waals surface area (Å²) >= 11 is 1.86. The number of hydrogen-bond donors (Lipinski definition) is 0. The molecule has 44 heavy (non-hydrogen) atoms. The Bertz CT molecular complexity index is 2490. The molecule has 206 valence electrons. The van der Waals surface area contributed by atoms with Crippen molar-refractivity contribution in [3.05, 3.63) is 164 Å². The quantitative estimate of drug-likeness (QED) is 0.188. The van der Waals surface area contributed by atoms with Gasteiger partial charge in [-0.15, -0.1) is 11.3 Å². The van der Waals surface area contributed by atoms with E-state index in [0.717, 1.165) is 17.1 Å². The Balaban J connectivity index is 1.22. The summed E-state index contributed by atoms with van der Waals surface area (Å²) in [6.07, 6.45) is 0. The monoisotopic (exact) mass is 577 g/mol. The van der Waals surface area contributed by atoms with Crippen molar-refractivity contribution >= 4 is 80.9 Å². The summed E-state index contributed by atoms with van der Waals surface area (Å²) in [6, 6.07) is 59.8. The molecule has 1 aromatic heterocycles. The van der Waals surface area contributed by atoms with Crippen LogP contribution in [-0.4, -0.2) is 0 Å². The molecule has 0 atom stereocenters. The third-order valence-corrected chi connectivity index (χ3v) is 9.97. The Morgan fingerprint density at radius 1 is 0.318 bits per heavy atom. The molecule has 2 heteroatoms. The first-order chi connectivity index (χ1) is 21.8. The first-order valence-electron chi connectivity index (χ1n) is 15.0. The number of thiophene rings is 1. The van der Waals surface area contributed by atoms with Crippen molar-refractivity contribution in [3.63, 3.8) is 0 Å². The van der Waals surface area contributed by atoms with Gasteiger partial charge in [-0.3, -0.25) is 0 Å². The highest BCUT2D eigenvalue weighted by Gasteiger charge is 2.16. The van der Waals surface area contributed by atoms with E-state index in [2.05, 4.69) is 169 Å². The van der Waals surface area contributed by atoms with Crippen LogP contribution in [0, 0.1) is 0 Å². The fraction of sp³-hybridized carbons (Fsp3) is 0. The van der Waals surface area contributed by atoms with Crippen LogP contribution >= 0.6 is 11.3 Å². The number of nitrogens with zero attached hydrogens (tertiary/aromatic N) is 1. The van der Waals surface area contributed by atoms with Crippen LogP contribution in [0.5, 0.6) is 0 Å². The summed E-state index contributed by atoms with van der Waals surface area (Å²) < 4.78 is 2.62. The van der Waals surface area contributed by atoms with E-state index in [4.69, 9.17) is 0 Å². The third-order valence-electron chi connectivity index (χ3n) is 8.84. The van der Waals surface area contributed by atoms with Crippen LogP contribution in [0.3, 0.4) is 0 Å². The van der Waals surface area contributed by atoms with Gasteiger partial charge in [0.25, 0.3) is 0 Å². The van der Waals surface area contributed by atoms with Crippen molar-refractivity contribution in [2.75, 3.05) is 4.90 Å². The normalized spacial score (nSPS) is 11.6. The van der Waals surface area contributed by atoms with Gasteiger partial charge in [-0.25, -0.2) is 0 Å². The Morgan fingerprint density at radius 2 is 0.864 bits per heavy atom. The molecule has 9 aromatic rings. The van der Waals surface area contributed by atoms with Crippen LogP contribution in [0.15, 0.2) is 164 Å². The van der Waals surface area contributed by atoms with E-state index in [1.807, 2.05) is 11.3 Å². The second-order valence-corrected chi connectivity index (χ2v) is 12.5. The average Bonchev–Trinajstić information content (AvgIpc) is 3.47. The second-order valence-electron chi connectivity index (χ2n) is 11.4. The van der Waals surface area contributed by atoms with Crippen LogP contribution < -0.4 is 4.90 Å². The molecule has 0 aliphatic carbocycles. The standard InChI is InChI=1S/C42H27NS/c1-2-8-28(9-3-1)29-14-18-32(19-15-29)43(34-21-25-40-39-12-6-7-13-41(39)44-42(40)27-34)33-20-24-36-31(26-33)17-23-37-35-11-5-4-10-30(35)16-22-38(36)37/h1-27H. The van der Waals surface area contributed by atoms with E-state index in [-0.39, 0.29) is 0 Å². The Hall–Kier alpha value is -5.44. The topological polar surface area (TPSA) is 3.24 Å². The van der Waals surface area contributed by atoms with E-state index in [1.165, 1.54) is 63.6 Å². The Morgan fingerprint density at radius 3 is 1.68 bits per heavy atom. The summed E-state index contributed by atoms with van der Waals surface area (Å²) in [5, 5.41) is 10.3. The van der Waals surface area contributed by atoms with Gasteiger partial charge < -0.3 is 4.90 Å². The van der Waals surface area contributed by atoms with Crippen LogP contribution in [0.4, 0.5) is 17.1 Å². The van der Waals surface area contributed by atoms with Crippen LogP contribution in [0.1, 0.15) is 0 Å². The molecule has 0 radical (unpaired) electrons. The minimum Gasteiger partial charge on any atom is -0.310 e. The van der Waals surface area contributed by atoms with Crippen molar-refractivity contribution in [2.45, 2.75) is 0 Å². The lowest BCUT2D eigenvalue weighted by atomic mass is 9.96. The number of anilines is 3. The molecule has 0 spiro atoms. The molecule has 0 fully saturated rings. The zero-order valence-corrected chi connectivity index (χ0v) is 24.8. The molecule has 0 N–H and O–H groups in total. The molecule has 1 heterocycles. The maximum atomic E-state index is 2.39. The lowest BCUT2D eigenvalue weighted by Crippen LogP contribution is -2.09. The van der Waals surface area contributed by atoms with E-state index in [1.54, 1.807) is 0 Å². The first kappa shape index (κ1) is 25.1. The highest BCUT2D eigenvalue weighted by atomic mass is 32.1. The zero-order valence-electron chi connectivity index (χ0n) is 23.9. The van der Waals surface area contributed by atoms with Crippen molar-refractivity contribution in [2.24, 2.45) is 0 Å². The molecule has 0 aliphatic heterocycles. The predicted octanol–water partition coefficient (Wildman–Crippen LogP) is 12.7. The minimum absolute atomic E-state index is 1.14. The number of benzene rings is 8. The summed E-state index contributed by atoms with van der Waals surface area (Å²) in [6.45, 7) is 0. The molecule has 8 aromatic carbocycles. The summed E-state index contributed by atoms with van der Waals surface area (Å²) in [7, 11) is 0. The molecule has 1 nitrogen and oxygen atoms in total. The van der Waals surface area contributed by atoms with Gasteiger partial charge >= 0.3 is 0 Å². The van der Waals surface area contributed by atoms with Gasteiger partial charge in [-0.1, -0.05) is 121 Å². The maximum absolute atomic E-state index is 2.39. The third kappa shape index (κ3) is 4.07. The highest BCUT2D eigenvalue weighted by molar-refractivity contribution is 7.25. The summed E-state index contributed by atoms with van der Waals surface area (Å²) in [5.41, 5.74) is 5.87. The zero-order chi connectivity index (χ0) is 29.0. The van der Waals surface area contributed by atoms with Gasteiger partial charge in [0.05, 0.1) is 0 Å². The van der Waals surface area contributed by atoms with Crippen LogP contribution in [0.2, 0.25) is 0 Å². The molecule has 0 amide bonds. The van der Waals surface area contributed by atoms with Gasteiger partial charge in [-0.05, 0) is 85.9 Å². The molecule has 0 aliphatic rings. The van der Waals surface area contributed by atoms with Gasteiger partial charge in [0.15, 0.2) is 0 Å². The minimum atomic E-state index is 1.14. The van der Waals surface area contributed by atoms with Crippen molar-refractivity contribution in [1.82, 2.24) is 0 Å². The number of rotatable bonds is 4. The predicted molar refractivity (Wildman–Crippen MR) is 192 cm³/mol. The maximum Gasteiger partial charge on any atom is 0.0476 e. The van der Waals surface area contributed by atoms with Crippen LogP contribution in [0.25, 0.3) is 63.6 Å². The van der Waals surface area contributed by atoms with Gasteiger partial charge in [0.1, 0.15) is 0 Å². The van der Waals surface area contributed by atoms with Crippen molar-refractivity contribution < 1.29 is 0 Å². The van der Waals surface area contributed by atoms with Gasteiger partial charge in [-0.2, -0.15) is 0 Å². The second kappa shape index (κ2) is 10.1. The van der Waals surface area contributed by atoms with Crippen molar-refractivity contribution in [1.29, 1.82) is 0 Å². The van der Waals surface area contributed by atoms with E-state index in [0.29, 0.717) is 0 Å². The van der Waals surface area contributed by atoms with Crippen molar-refractivity contribution in [3.8, 4) is 11.1 Å². The first-order valence-corrected chi connectivity index (χ1v) is 15.8. The molecule has 0 bridgehead atoms. The van der Waals surface area contributed by atoms with Gasteiger partial charge in [0, 0.05) is 37.2 Å². The molecule has 0 unspecified atom stereocenters. The highest BCUT2D eigenvalue weighted by Crippen LogP contribution is 2.42. The SMILES string of the molecule is c1ccc(-c2ccc(N(c3ccc4c(ccc5c6ccccc6ccc45)c3)c3ccc4c(c3)sc3ccccc34)cc2)cc1. The lowest BCUT2D eigenvalue weighted by Gasteiger charge is -2.26. The van der Waals surface area contributed by atoms with Gasteiger partial charge in [0.2, 0.25) is 0 Å². The van der Waals surface area contributed by atoms with E-state index >= 15 is 0 Å². The fourth-order valence-electron chi connectivity index (χ4n) is 6.69. The lowest BCUT2D eigenvalue weighted by molar-refractivity contribution is 1.30. The van der Waals surface area contributed by atoms with Crippen LogP contribution in [-0.2, 0) is 0 Å². The fourth-order valence-corrected chi connectivity index (χ4v) is 7.83. The Kier molecular flexibility index (Phi) is 5.75. The average molecular weight is 578 g/mol. The molecule has 9 rings (SSSR count). The largest absolute Gasteiger partial charge is 0.310 e. The molecule has 0 saturated carbocycles. The molecular weight excluding hydrogens is 551 g/mol. The van der Waals surface area contributed by atoms with E-state index in [9.17, 15) is 0 Å². The van der Waals surface area contributed by atoms with E-state index < -0.39 is 0 Å².